The Labute approximate surface area is 174 Å². The Kier molecular flexibility index (Phi) is 5.92. The first-order valence-electron chi connectivity index (χ1n) is 9.92. The minimum absolute atomic E-state index is 0.295. The Morgan fingerprint density at radius 1 is 1.03 bits per heavy atom. The van der Waals surface area contributed by atoms with Crippen LogP contribution in [-0.4, -0.2) is 60.7 Å². The molecule has 1 aromatic heterocycles. The smallest absolute Gasteiger partial charge is 0.209 e. The monoisotopic (exact) mass is 409 g/mol. The minimum Gasteiger partial charge on any atom is -0.468 e. The van der Waals surface area contributed by atoms with E-state index >= 15 is 0 Å². The Hall–Kier alpha value is -3.03. The van der Waals surface area contributed by atoms with Gasteiger partial charge in [-0.05, 0) is 62.5 Å². The number of rotatable bonds is 6. The van der Waals surface area contributed by atoms with Crippen LogP contribution in [0.2, 0.25) is 0 Å². The zero-order chi connectivity index (χ0) is 21.1. The summed E-state index contributed by atoms with van der Waals surface area (Å²) in [7, 11) is 2.07. The third-order valence-electron chi connectivity index (χ3n) is 5.43. The van der Waals surface area contributed by atoms with E-state index in [1.807, 2.05) is 36.1 Å². The van der Waals surface area contributed by atoms with Crippen LogP contribution in [0.5, 0.6) is 5.75 Å². The molecule has 6 nitrogen and oxygen atoms in total. The van der Waals surface area contributed by atoms with E-state index in [1.165, 1.54) is 12.1 Å². The standard InChI is InChI=1S/C23H24FN3O3/c1-16-22(25-30-23(16)18-3-7-19(24)8-4-18)17-5-9-20(10-6-17)29-21(15-28)27-13-11-26(2)12-14-27/h3-10,15,21H,11-14H2,1-2H3. The topological polar surface area (TPSA) is 58.8 Å². The van der Waals surface area contributed by atoms with Crippen molar-refractivity contribution in [2.75, 3.05) is 33.2 Å². The van der Waals surface area contributed by atoms with Crippen LogP contribution in [0, 0.1) is 12.7 Å². The van der Waals surface area contributed by atoms with Gasteiger partial charge in [0.1, 0.15) is 17.3 Å². The largest absolute Gasteiger partial charge is 0.468 e. The van der Waals surface area contributed by atoms with Crippen molar-refractivity contribution in [1.29, 1.82) is 0 Å². The number of hydrogen-bond acceptors (Lipinski definition) is 6. The molecule has 0 amide bonds. The molecule has 0 radical (unpaired) electrons. The van der Waals surface area contributed by atoms with Gasteiger partial charge in [0.2, 0.25) is 6.23 Å². The third kappa shape index (κ3) is 4.27. The number of nitrogens with zero attached hydrogens (tertiary/aromatic N) is 3. The van der Waals surface area contributed by atoms with Crippen molar-refractivity contribution in [3.05, 3.63) is 59.9 Å². The molecule has 1 aliphatic rings. The maximum atomic E-state index is 13.2. The van der Waals surface area contributed by atoms with Crippen LogP contribution >= 0.6 is 0 Å². The number of likely N-dealkylation sites (N-methyl/N-ethyl adjacent to an activating group) is 1. The zero-order valence-corrected chi connectivity index (χ0v) is 17.0. The molecule has 1 fully saturated rings. The van der Waals surface area contributed by atoms with Crippen LogP contribution in [0.25, 0.3) is 22.6 Å². The van der Waals surface area contributed by atoms with E-state index in [-0.39, 0.29) is 5.82 Å². The van der Waals surface area contributed by atoms with Gasteiger partial charge in [-0.25, -0.2) is 4.39 Å². The number of piperazine rings is 1. The predicted octanol–water partition coefficient (Wildman–Crippen LogP) is 3.61. The second kappa shape index (κ2) is 8.77. The summed E-state index contributed by atoms with van der Waals surface area (Å²) in [6, 6.07) is 13.6. The normalized spacial score (nSPS) is 16.4. The fourth-order valence-electron chi connectivity index (χ4n) is 3.57. The van der Waals surface area contributed by atoms with Crippen molar-refractivity contribution in [2.45, 2.75) is 13.2 Å². The number of carbonyl (C=O) groups is 1. The number of carbonyl (C=O) groups excluding carboxylic acids is 1. The molecule has 7 heteroatoms. The van der Waals surface area contributed by atoms with Gasteiger partial charge in [0.25, 0.3) is 0 Å². The van der Waals surface area contributed by atoms with Crippen molar-refractivity contribution in [2.24, 2.45) is 0 Å². The van der Waals surface area contributed by atoms with E-state index in [0.717, 1.165) is 49.2 Å². The maximum Gasteiger partial charge on any atom is 0.209 e. The summed E-state index contributed by atoms with van der Waals surface area (Å²) >= 11 is 0. The van der Waals surface area contributed by atoms with Crippen LogP contribution in [0.15, 0.2) is 53.1 Å². The van der Waals surface area contributed by atoms with Gasteiger partial charge in [-0.1, -0.05) is 5.16 Å². The molecule has 1 saturated heterocycles. The van der Waals surface area contributed by atoms with Gasteiger partial charge in [0, 0.05) is 42.9 Å². The zero-order valence-electron chi connectivity index (χ0n) is 17.0. The van der Waals surface area contributed by atoms with Crippen LogP contribution in [0.4, 0.5) is 4.39 Å². The highest BCUT2D eigenvalue weighted by molar-refractivity contribution is 5.72. The van der Waals surface area contributed by atoms with Crippen LogP contribution < -0.4 is 4.74 Å². The summed E-state index contributed by atoms with van der Waals surface area (Å²) < 4.78 is 24.6. The summed E-state index contributed by atoms with van der Waals surface area (Å²) in [5.41, 5.74) is 3.23. The molecule has 4 rings (SSSR count). The number of hydrogen-bond donors (Lipinski definition) is 0. The highest BCUT2D eigenvalue weighted by atomic mass is 19.1. The van der Waals surface area contributed by atoms with Gasteiger partial charge in [-0.15, -0.1) is 0 Å². The number of halogens is 1. The number of ether oxygens (including phenoxy) is 1. The minimum atomic E-state index is -0.594. The molecule has 2 aromatic carbocycles. The molecule has 156 valence electrons. The van der Waals surface area contributed by atoms with Crippen molar-refractivity contribution in [3.63, 3.8) is 0 Å². The van der Waals surface area contributed by atoms with Crippen molar-refractivity contribution < 1.29 is 18.4 Å². The first kappa shape index (κ1) is 20.3. The second-order valence-electron chi connectivity index (χ2n) is 7.50. The molecule has 1 aliphatic heterocycles. The van der Waals surface area contributed by atoms with E-state index in [4.69, 9.17) is 9.26 Å². The lowest BCUT2D eigenvalue weighted by Crippen LogP contribution is -2.51. The molecule has 2 heterocycles. The Morgan fingerprint density at radius 3 is 2.30 bits per heavy atom. The third-order valence-corrected chi connectivity index (χ3v) is 5.43. The number of aromatic nitrogens is 1. The maximum absolute atomic E-state index is 13.2. The van der Waals surface area contributed by atoms with Gasteiger partial charge in [0.05, 0.1) is 0 Å². The van der Waals surface area contributed by atoms with E-state index in [2.05, 4.69) is 17.1 Å². The predicted molar refractivity (Wildman–Crippen MR) is 112 cm³/mol. The summed E-state index contributed by atoms with van der Waals surface area (Å²) in [6.45, 7) is 5.33. The molecule has 0 aliphatic carbocycles. The fraction of sp³-hybridized carbons (Fsp3) is 0.304. The quantitative estimate of drug-likeness (QED) is 0.580. The van der Waals surface area contributed by atoms with Gasteiger partial charge in [-0.2, -0.15) is 0 Å². The number of benzene rings is 2. The molecule has 0 saturated carbocycles. The van der Waals surface area contributed by atoms with Gasteiger partial charge in [-0.3, -0.25) is 9.69 Å². The van der Waals surface area contributed by atoms with E-state index < -0.39 is 6.23 Å². The lowest BCUT2D eigenvalue weighted by Gasteiger charge is -2.35. The average molecular weight is 409 g/mol. The van der Waals surface area contributed by atoms with E-state index in [1.54, 1.807) is 12.1 Å². The fourth-order valence-corrected chi connectivity index (χ4v) is 3.57. The highest BCUT2D eigenvalue weighted by Crippen LogP contribution is 2.32. The molecule has 0 bridgehead atoms. The highest BCUT2D eigenvalue weighted by Gasteiger charge is 2.23. The Balaban J connectivity index is 1.48. The Morgan fingerprint density at radius 2 is 1.67 bits per heavy atom. The van der Waals surface area contributed by atoms with Crippen LogP contribution in [0.3, 0.4) is 0 Å². The van der Waals surface area contributed by atoms with Crippen LogP contribution in [0.1, 0.15) is 5.56 Å². The van der Waals surface area contributed by atoms with Crippen molar-refractivity contribution in [1.82, 2.24) is 15.0 Å². The molecule has 3 aromatic rings. The van der Waals surface area contributed by atoms with Gasteiger partial charge < -0.3 is 14.2 Å². The first-order chi connectivity index (χ1) is 14.5. The van der Waals surface area contributed by atoms with Crippen molar-refractivity contribution >= 4 is 6.29 Å². The van der Waals surface area contributed by atoms with E-state index in [9.17, 15) is 9.18 Å². The molecular formula is C23H24FN3O3. The second-order valence-corrected chi connectivity index (χ2v) is 7.50. The molecule has 1 atom stereocenters. The summed E-state index contributed by atoms with van der Waals surface area (Å²) in [5.74, 6) is 0.938. The van der Waals surface area contributed by atoms with Gasteiger partial charge >= 0.3 is 0 Å². The number of aldehydes is 1. The van der Waals surface area contributed by atoms with E-state index in [0.29, 0.717) is 17.2 Å². The molecule has 0 N–H and O–H groups in total. The summed E-state index contributed by atoms with van der Waals surface area (Å²) in [4.78, 5) is 15.8. The SMILES string of the molecule is Cc1c(-c2ccc(OC(C=O)N3CCN(C)CC3)cc2)noc1-c1ccc(F)cc1. The average Bonchev–Trinajstić information content (AvgIpc) is 3.15. The summed E-state index contributed by atoms with van der Waals surface area (Å²) in [6.07, 6.45) is 0.249. The van der Waals surface area contributed by atoms with Crippen molar-refractivity contribution in [3.8, 4) is 28.3 Å². The summed E-state index contributed by atoms with van der Waals surface area (Å²) in [5, 5.41) is 4.19. The molecular weight excluding hydrogens is 385 g/mol. The lowest BCUT2D eigenvalue weighted by atomic mass is 10.0. The molecule has 1 unspecified atom stereocenters. The molecule has 30 heavy (non-hydrogen) atoms. The first-order valence-corrected chi connectivity index (χ1v) is 9.92. The molecule has 0 spiro atoms. The lowest BCUT2D eigenvalue weighted by molar-refractivity contribution is -0.123. The Bertz CT molecular complexity index is 994. The van der Waals surface area contributed by atoms with Gasteiger partial charge in [0.15, 0.2) is 12.0 Å². The van der Waals surface area contributed by atoms with Crippen LogP contribution in [-0.2, 0) is 4.79 Å².